The molecule has 2 aromatic rings. The summed E-state index contributed by atoms with van der Waals surface area (Å²) in [4.78, 5) is 27.1. The van der Waals surface area contributed by atoms with Crippen LogP contribution in [0.4, 0.5) is 5.69 Å². The molecule has 0 atom stereocenters. The van der Waals surface area contributed by atoms with Gasteiger partial charge in [-0.1, -0.05) is 0 Å². The number of halogens is 1. The number of anilines is 1. The van der Waals surface area contributed by atoms with E-state index in [1.54, 1.807) is 12.1 Å². The summed E-state index contributed by atoms with van der Waals surface area (Å²) in [6, 6.07) is 7.70. The molecule has 0 unspecified atom stereocenters. The molecule has 1 heterocycles. The van der Waals surface area contributed by atoms with Crippen LogP contribution in [-0.4, -0.2) is 29.1 Å². The van der Waals surface area contributed by atoms with E-state index in [2.05, 4.69) is 26.2 Å². The minimum atomic E-state index is -1.10. The summed E-state index contributed by atoms with van der Waals surface area (Å²) >= 11 is 3.24. The molecule has 0 aliphatic rings. The summed E-state index contributed by atoms with van der Waals surface area (Å²) in [5.74, 6) is -1.34. The molecule has 0 fully saturated rings. The van der Waals surface area contributed by atoms with E-state index in [1.807, 2.05) is 0 Å². The number of carboxylic acid groups (broad SMARTS) is 1. The largest absolute Gasteiger partial charge is 0.496 e. The van der Waals surface area contributed by atoms with Crippen LogP contribution in [0.25, 0.3) is 0 Å². The van der Waals surface area contributed by atoms with Crippen molar-refractivity contribution in [3.8, 4) is 5.75 Å². The lowest BCUT2D eigenvalue weighted by Crippen LogP contribution is -2.14. The zero-order valence-electron chi connectivity index (χ0n) is 11.0. The Morgan fingerprint density at radius 2 is 2.10 bits per heavy atom. The lowest BCUT2D eigenvalue weighted by Gasteiger charge is -2.09. The van der Waals surface area contributed by atoms with Crippen molar-refractivity contribution < 1.29 is 19.4 Å². The lowest BCUT2D eigenvalue weighted by molar-refractivity contribution is 0.0693. The van der Waals surface area contributed by atoms with E-state index in [9.17, 15) is 9.59 Å². The Kier molecular flexibility index (Phi) is 4.54. The zero-order valence-corrected chi connectivity index (χ0v) is 12.5. The maximum absolute atomic E-state index is 12.1. The number of nitrogens with one attached hydrogen (secondary N) is 1. The van der Waals surface area contributed by atoms with Crippen LogP contribution >= 0.6 is 15.9 Å². The number of ether oxygens (including phenoxy) is 1. The van der Waals surface area contributed by atoms with Crippen molar-refractivity contribution in [1.82, 2.24) is 4.98 Å². The highest BCUT2D eigenvalue weighted by atomic mass is 79.9. The van der Waals surface area contributed by atoms with Crippen molar-refractivity contribution in [2.75, 3.05) is 12.4 Å². The van der Waals surface area contributed by atoms with Gasteiger partial charge in [-0.3, -0.25) is 4.79 Å². The molecule has 0 spiro atoms. The molecular formula is C14H11BrN2O4. The summed E-state index contributed by atoms with van der Waals surface area (Å²) in [5.41, 5.74) is 0.674. The number of aromatic carboxylic acids is 1. The Morgan fingerprint density at radius 3 is 2.71 bits per heavy atom. The topological polar surface area (TPSA) is 88.5 Å². The van der Waals surface area contributed by atoms with Gasteiger partial charge in [0.1, 0.15) is 17.0 Å². The van der Waals surface area contributed by atoms with Crippen molar-refractivity contribution in [1.29, 1.82) is 0 Å². The molecule has 1 aromatic carbocycles. The van der Waals surface area contributed by atoms with Crippen LogP contribution in [0.3, 0.4) is 0 Å². The number of hydrogen-bond donors (Lipinski definition) is 2. The molecule has 0 aliphatic carbocycles. The Labute approximate surface area is 128 Å². The van der Waals surface area contributed by atoms with Gasteiger partial charge in [0.2, 0.25) is 0 Å². The molecule has 7 heteroatoms. The third-order valence-corrected chi connectivity index (χ3v) is 3.30. The Balaban J connectivity index is 2.26. The van der Waals surface area contributed by atoms with Crippen LogP contribution in [-0.2, 0) is 0 Å². The minimum Gasteiger partial charge on any atom is -0.496 e. The first-order valence-electron chi connectivity index (χ1n) is 5.86. The summed E-state index contributed by atoms with van der Waals surface area (Å²) in [7, 11) is 1.36. The number of carboxylic acids is 1. The monoisotopic (exact) mass is 350 g/mol. The highest BCUT2D eigenvalue weighted by Gasteiger charge is 2.14. The SMILES string of the molecule is COc1cc(NC(=O)c2ncccc2Br)ccc1C(=O)O. The van der Waals surface area contributed by atoms with E-state index in [0.717, 1.165) is 0 Å². The third kappa shape index (κ3) is 3.38. The molecule has 2 N–H and O–H groups in total. The molecule has 2 rings (SSSR count). The first kappa shape index (κ1) is 15.0. The van der Waals surface area contributed by atoms with E-state index in [4.69, 9.17) is 9.84 Å². The average Bonchev–Trinajstić information content (AvgIpc) is 2.47. The Hall–Kier alpha value is -2.41. The number of nitrogens with zero attached hydrogens (tertiary/aromatic N) is 1. The van der Waals surface area contributed by atoms with Crippen LogP contribution in [0.2, 0.25) is 0 Å². The second-order valence-corrected chi connectivity index (χ2v) is 4.86. The fourth-order valence-corrected chi connectivity index (χ4v) is 2.12. The highest BCUT2D eigenvalue weighted by Crippen LogP contribution is 2.24. The second kappa shape index (κ2) is 6.36. The van der Waals surface area contributed by atoms with Gasteiger partial charge < -0.3 is 15.2 Å². The number of rotatable bonds is 4. The van der Waals surface area contributed by atoms with Gasteiger partial charge in [0.15, 0.2) is 0 Å². The van der Waals surface area contributed by atoms with E-state index in [-0.39, 0.29) is 17.0 Å². The van der Waals surface area contributed by atoms with Crippen LogP contribution in [0.5, 0.6) is 5.75 Å². The second-order valence-electron chi connectivity index (χ2n) is 4.01. The fourth-order valence-electron chi connectivity index (χ4n) is 1.69. The molecular weight excluding hydrogens is 340 g/mol. The van der Waals surface area contributed by atoms with E-state index in [0.29, 0.717) is 10.2 Å². The molecule has 1 aromatic heterocycles. The molecule has 0 radical (unpaired) electrons. The van der Waals surface area contributed by atoms with Gasteiger partial charge in [0.25, 0.3) is 5.91 Å². The molecule has 21 heavy (non-hydrogen) atoms. The van der Waals surface area contributed by atoms with Gasteiger partial charge in [-0.25, -0.2) is 9.78 Å². The van der Waals surface area contributed by atoms with Gasteiger partial charge in [-0.2, -0.15) is 0 Å². The first-order valence-corrected chi connectivity index (χ1v) is 6.65. The van der Waals surface area contributed by atoms with Crippen molar-refractivity contribution in [2.45, 2.75) is 0 Å². The smallest absolute Gasteiger partial charge is 0.339 e. The van der Waals surface area contributed by atoms with Gasteiger partial charge in [0.05, 0.1) is 7.11 Å². The molecule has 6 nitrogen and oxygen atoms in total. The Morgan fingerprint density at radius 1 is 1.33 bits per heavy atom. The van der Waals surface area contributed by atoms with E-state index >= 15 is 0 Å². The summed E-state index contributed by atoms with van der Waals surface area (Å²) in [6.07, 6.45) is 1.51. The maximum atomic E-state index is 12.1. The molecule has 0 aliphatic heterocycles. The first-order chi connectivity index (χ1) is 10.0. The number of benzene rings is 1. The Bertz CT molecular complexity index is 703. The number of hydrogen-bond acceptors (Lipinski definition) is 4. The van der Waals surface area contributed by atoms with E-state index < -0.39 is 11.9 Å². The van der Waals surface area contributed by atoms with E-state index in [1.165, 1.54) is 31.5 Å². The molecule has 0 saturated heterocycles. The van der Waals surface area contributed by atoms with Gasteiger partial charge in [-0.05, 0) is 40.2 Å². The standard InChI is InChI=1S/C14H11BrN2O4/c1-21-11-7-8(4-5-9(11)14(19)20)17-13(18)12-10(15)3-2-6-16-12/h2-7H,1H3,(H,17,18)(H,19,20). The fraction of sp³-hybridized carbons (Fsp3) is 0.0714. The van der Waals surface area contributed by atoms with Crippen LogP contribution < -0.4 is 10.1 Å². The number of pyridine rings is 1. The summed E-state index contributed by atoms with van der Waals surface area (Å²) in [6.45, 7) is 0. The predicted molar refractivity (Wildman–Crippen MR) is 79.8 cm³/mol. The van der Waals surface area contributed by atoms with Gasteiger partial charge in [0, 0.05) is 22.4 Å². The molecule has 0 saturated carbocycles. The quantitative estimate of drug-likeness (QED) is 0.884. The van der Waals surface area contributed by atoms with Gasteiger partial charge >= 0.3 is 5.97 Å². The van der Waals surface area contributed by atoms with Crippen LogP contribution in [0.1, 0.15) is 20.8 Å². The number of amides is 1. The average molecular weight is 351 g/mol. The molecule has 1 amide bonds. The predicted octanol–water partition coefficient (Wildman–Crippen LogP) is 2.80. The number of methoxy groups -OCH3 is 1. The van der Waals surface area contributed by atoms with Crippen LogP contribution in [0, 0.1) is 0 Å². The maximum Gasteiger partial charge on any atom is 0.339 e. The number of aromatic nitrogens is 1. The lowest BCUT2D eigenvalue weighted by atomic mass is 10.2. The summed E-state index contributed by atoms with van der Waals surface area (Å²) in [5, 5.41) is 11.6. The molecule has 108 valence electrons. The van der Waals surface area contributed by atoms with Crippen molar-refractivity contribution in [2.24, 2.45) is 0 Å². The molecule has 0 bridgehead atoms. The van der Waals surface area contributed by atoms with Crippen molar-refractivity contribution in [3.63, 3.8) is 0 Å². The van der Waals surface area contributed by atoms with Crippen LogP contribution in [0.15, 0.2) is 41.0 Å². The summed E-state index contributed by atoms with van der Waals surface area (Å²) < 4.78 is 5.57. The zero-order chi connectivity index (χ0) is 15.4. The normalized spacial score (nSPS) is 10.0. The minimum absolute atomic E-state index is 0.0227. The number of carbonyl (C=O) groups excluding carboxylic acids is 1. The van der Waals surface area contributed by atoms with Crippen molar-refractivity contribution in [3.05, 3.63) is 52.3 Å². The number of carbonyl (C=O) groups is 2. The highest BCUT2D eigenvalue weighted by molar-refractivity contribution is 9.10. The van der Waals surface area contributed by atoms with Gasteiger partial charge in [-0.15, -0.1) is 0 Å². The third-order valence-electron chi connectivity index (χ3n) is 2.66. The van der Waals surface area contributed by atoms with Crippen molar-refractivity contribution >= 4 is 33.5 Å².